The number of aromatic nitrogens is 1. The van der Waals surface area contributed by atoms with E-state index in [0.29, 0.717) is 5.56 Å². The maximum Gasteiger partial charge on any atom is 0.251 e. The first-order chi connectivity index (χ1) is 9.11. The highest BCUT2D eigenvalue weighted by molar-refractivity contribution is 7.09. The van der Waals surface area contributed by atoms with Gasteiger partial charge in [0.2, 0.25) is 0 Å². The Balaban J connectivity index is 2.10. The van der Waals surface area contributed by atoms with Crippen molar-refractivity contribution in [3.63, 3.8) is 0 Å². The summed E-state index contributed by atoms with van der Waals surface area (Å²) in [6.07, 6.45) is 1.73. The molecule has 0 radical (unpaired) electrons. The van der Waals surface area contributed by atoms with Crippen LogP contribution in [-0.4, -0.2) is 10.9 Å². The van der Waals surface area contributed by atoms with Crippen LogP contribution in [0.15, 0.2) is 29.8 Å². The zero-order valence-electron chi connectivity index (χ0n) is 10.8. The lowest BCUT2D eigenvalue weighted by molar-refractivity contribution is 0.0940. The van der Waals surface area contributed by atoms with Gasteiger partial charge in [-0.3, -0.25) is 10.6 Å². The van der Waals surface area contributed by atoms with Gasteiger partial charge in [0.05, 0.1) is 11.7 Å². The maximum atomic E-state index is 12.1. The highest BCUT2D eigenvalue weighted by Crippen LogP contribution is 2.18. The second-order valence-electron chi connectivity index (χ2n) is 4.24. The molecule has 2 rings (SSSR count). The van der Waals surface area contributed by atoms with Crippen LogP contribution in [0.1, 0.15) is 33.9 Å². The molecule has 0 aliphatic rings. The molecule has 1 unspecified atom stereocenters. The number of hydrazine groups is 1. The number of nitrogens with one attached hydrogen (secondary N) is 2. The number of carbonyl (C=O) groups is 1. The molecule has 2 aromatic rings. The normalized spacial score (nSPS) is 11.9. The molecule has 1 aromatic carbocycles. The van der Waals surface area contributed by atoms with E-state index < -0.39 is 0 Å². The topological polar surface area (TPSA) is 80.0 Å². The molecule has 19 heavy (non-hydrogen) atoms. The monoisotopic (exact) mass is 276 g/mol. The van der Waals surface area contributed by atoms with Crippen molar-refractivity contribution in [1.29, 1.82) is 0 Å². The first-order valence-electron chi connectivity index (χ1n) is 5.89. The number of carbonyl (C=O) groups excluding carboxylic acids is 1. The second-order valence-corrected chi connectivity index (χ2v) is 5.17. The molecular weight excluding hydrogens is 260 g/mol. The molecule has 0 aliphatic heterocycles. The largest absolute Gasteiger partial charge is 0.343 e. The Labute approximate surface area is 115 Å². The van der Waals surface area contributed by atoms with Crippen LogP contribution in [0.3, 0.4) is 0 Å². The Morgan fingerprint density at radius 3 is 2.84 bits per heavy atom. The number of benzene rings is 1. The zero-order chi connectivity index (χ0) is 13.8. The number of nitrogen functional groups attached to an aromatic ring is 1. The van der Waals surface area contributed by atoms with Gasteiger partial charge in [-0.25, -0.2) is 4.98 Å². The number of nitrogens with two attached hydrogens (primary N) is 1. The van der Waals surface area contributed by atoms with Crippen LogP contribution >= 0.6 is 11.3 Å². The van der Waals surface area contributed by atoms with E-state index in [9.17, 15) is 4.79 Å². The highest BCUT2D eigenvalue weighted by atomic mass is 32.1. The fraction of sp³-hybridized carbons (Fsp3) is 0.231. The summed E-state index contributed by atoms with van der Waals surface area (Å²) in [4.78, 5) is 16.3. The van der Waals surface area contributed by atoms with Crippen molar-refractivity contribution in [2.75, 3.05) is 5.43 Å². The van der Waals surface area contributed by atoms with Gasteiger partial charge in [-0.1, -0.05) is 0 Å². The van der Waals surface area contributed by atoms with E-state index in [1.54, 1.807) is 24.4 Å². The third-order valence-electron chi connectivity index (χ3n) is 2.81. The van der Waals surface area contributed by atoms with E-state index in [4.69, 9.17) is 5.84 Å². The van der Waals surface area contributed by atoms with Crippen molar-refractivity contribution in [2.45, 2.75) is 19.9 Å². The Kier molecular flexibility index (Phi) is 4.13. The van der Waals surface area contributed by atoms with E-state index in [2.05, 4.69) is 15.7 Å². The van der Waals surface area contributed by atoms with Gasteiger partial charge >= 0.3 is 0 Å². The van der Waals surface area contributed by atoms with Crippen LogP contribution in [0.5, 0.6) is 0 Å². The summed E-state index contributed by atoms with van der Waals surface area (Å²) in [7, 11) is 0. The van der Waals surface area contributed by atoms with Gasteiger partial charge in [-0.05, 0) is 37.6 Å². The van der Waals surface area contributed by atoms with Gasteiger partial charge in [-0.15, -0.1) is 11.3 Å². The van der Waals surface area contributed by atoms with Gasteiger partial charge in [-0.2, -0.15) is 0 Å². The Morgan fingerprint density at radius 1 is 1.47 bits per heavy atom. The second kappa shape index (κ2) is 5.81. The predicted molar refractivity (Wildman–Crippen MR) is 77.0 cm³/mol. The minimum atomic E-state index is -0.116. The van der Waals surface area contributed by atoms with E-state index in [0.717, 1.165) is 16.3 Å². The summed E-state index contributed by atoms with van der Waals surface area (Å²) < 4.78 is 0. The predicted octanol–water partition coefficient (Wildman–Crippen LogP) is 2.23. The van der Waals surface area contributed by atoms with Crippen LogP contribution in [0.25, 0.3) is 0 Å². The van der Waals surface area contributed by atoms with Crippen LogP contribution < -0.4 is 16.6 Å². The zero-order valence-corrected chi connectivity index (χ0v) is 11.6. The van der Waals surface area contributed by atoms with Crippen LogP contribution in [0.4, 0.5) is 5.69 Å². The number of rotatable bonds is 4. The molecule has 100 valence electrons. The van der Waals surface area contributed by atoms with Crippen molar-refractivity contribution in [3.05, 3.63) is 45.9 Å². The summed E-state index contributed by atoms with van der Waals surface area (Å²) >= 11 is 1.53. The Bertz CT molecular complexity index is 568. The van der Waals surface area contributed by atoms with Gasteiger partial charge in [0.1, 0.15) is 5.01 Å². The standard InChI is InChI=1S/C13H16N4OS/c1-8-7-10(3-4-11(8)17-14)12(18)16-9(2)13-15-5-6-19-13/h3-7,9,17H,14H2,1-2H3,(H,16,18). The molecule has 0 aliphatic carbocycles. The van der Waals surface area contributed by atoms with E-state index >= 15 is 0 Å². The quantitative estimate of drug-likeness (QED) is 0.591. The maximum absolute atomic E-state index is 12.1. The molecular formula is C13H16N4OS. The molecule has 5 nitrogen and oxygen atoms in total. The minimum Gasteiger partial charge on any atom is -0.343 e. The van der Waals surface area contributed by atoms with Crippen LogP contribution in [-0.2, 0) is 0 Å². The lowest BCUT2D eigenvalue weighted by atomic mass is 10.1. The molecule has 6 heteroatoms. The van der Waals surface area contributed by atoms with Crippen molar-refractivity contribution in [3.8, 4) is 0 Å². The molecule has 4 N–H and O–H groups in total. The summed E-state index contributed by atoms with van der Waals surface area (Å²) in [6, 6.07) is 5.24. The lowest BCUT2D eigenvalue weighted by Crippen LogP contribution is -2.26. The summed E-state index contributed by atoms with van der Waals surface area (Å²) in [5, 5.41) is 5.71. The van der Waals surface area contributed by atoms with Crippen LogP contribution in [0.2, 0.25) is 0 Å². The van der Waals surface area contributed by atoms with Crippen molar-refractivity contribution in [2.24, 2.45) is 5.84 Å². The lowest BCUT2D eigenvalue weighted by Gasteiger charge is -2.12. The van der Waals surface area contributed by atoms with Gasteiger partial charge in [0.15, 0.2) is 0 Å². The minimum absolute atomic E-state index is 0.0971. The number of anilines is 1. The fourth-order valence-corrected chi connectivity index (χ4v) is 2.40. The number of amides is 1. The molecule has 1 aromatic heterocycles. The summed E-state index contributed by atoms with van der Waals surface area (Å²) in [5.41, 5.74) is 4.93. The molecule has 1 amide bonds. The van der Waals surface area contributed by atoms with Gasteiger partial charge in [0.25, 0.3) is 5.91 Å². The first kappa shape index (κ1) is 13.5. The molecule has 1 heterocycles. The smallest absolute Gasteiger partial charge is 0.251 e. The van der Waals surface area contributed by atoms with Crippen molar-refractivity contribution >= 4 is 22.9 Å². The molecule has 0 fully saturated rings. The first-order valence-corrected chi connectivity index (χ1v) is 6.77. The number of aryl methyl sites for hydroxylation is 1. The van der Waals surface area contributed by atoms with Gasteiger partial charge in [0, 0.05) is 17.1 Å². The molecule has 0 bridgehead atoms. The average Bonchev–Trinajstić information content (AvgIpc) is 2.92. The van der Waals surface area contributed by atoms with Crippen molar-refractivity contribution < 1.29 is 4.79 Å². The molecule has 0 spiro atoms. The number of nitrogens with zero attached hydrogens (tertiary/aromatic N) is 1. The SMILES string of the molecule is Cc1cc(C(=O)NC(C)c2nccs2)ccc1NN. The van der Waals surface area contributed by atoms with Crippen LogP contribution in [0, 0.1) is 6.92 Å². The molecule has 1 atom stereocenters. The highest BCUT2D eigenvalue weighted by Gasteiger charge is 2.13. The average molecular weight is 276 g/mol. The third-order valence-corrected chi connectivity index (χ3v) is 3.77. The van der Waals surface area contributed by atoms with E-state index in [-0.39, 0.29) is 11.9 Å². The number of hydrogen-bond acceptors (Lipinski definition) is 5. The van der Waals surface area contributed by atoms with E-state index in [1.807, 2.05) is 19.2 Å². The fourth-order valence-electron chi connectivity index (χ4n) is 1.76. The summed E-state index contributed by atoms with van der Waals surface area (Å²) in [5.74, 6) is 5.25. The number of hydrogen-bond donors (Lipinski definition) is 3. The summed E-state index contributed by atoms with van der Waals surface area (Å²) in [6.45, 7) is 3.82. The van der Waals surface area contributed by atoms with E-state index in [1.165, 1.54) is 11.3 Å². The molecule has 0 saturated carbocycles. The third kappa shape index (κ3) is 3.10. The van der Waals surface area contributed by atoms with Gasteiger partial charge < -0.3 is 10.7 Å². The number of thiazole rings is 1. The van der Waals surface area contributed by atoms with Crippen molar-refractivity contribution in [1.82, 2.24) is 10.3 Å². The Morgan fingerprint density at radius 2 is 2.26 bits per heavy atom. The molecule has 0 saturated heterocycles. The Hall–Kier alpha value is -1.92.